The van der Waals surface area contributed by atoms with E-state index in [4.69, 9.17) is 0 Å². The van der Waals surface area contributed by atoms with E-state index in [1.165, 1.54) is 6.33 Å². The molecule has 0 aliphatic carbocycles. The molecule has 0 aliphatic heterocycles. The highest BCUT2D eigenvalue weighted by molar-refractivity contribution is 5.94. The lowest BCUT2D eigenvalue weighted by molar-refractivity contribution is 0.0940. The van der Waals surface area contributed by atoms with Gasteiger partial charge in [-0.2, -0.15) is 10.2 Å². The van der Waals surface area contributed by atoms with Gasteiger partial charge in [-0.15, -0.1) is 0 Å². The monoisotopic (exact) mass is 372 g/mol. The summed E-state index contributed by atoms with van der Waals surface area (Å²) >= 11 is 0. The molecule has 0 saturated carbocycles. The van der Waals surface area contributed by atoms with E-state index in [9.17, 15) is 4.79 Å². The number of rotatable bonds is 5. The van der Waals surface area contributed by atoms with E-state index in [1.807, 2.05) is 61.0 Å². The van der Waals surface area contributed by atoms with E-state index in [0.29, 0.717) is 11.4 Å². The Labute approximate surface area is 162 Å². The fourth-order valence-electron chi connectivity index (χ4n) is 3.16. The van der Waals surface area contributed by atoms with Crippen molar-refractivity contribution in [3.63, 3.8) is 0 Å². The van der Waals surface area contributed by atoms with Crippen LogP contribution >= 0.6 is 0 Å². The van der Waals surface area contributed by atoms with Crippen molar-refractivity contribution in [2.45, 2.75) is 19.9 Å². The Morgan fingerprint density at radius 2 is 1.86 bits per heavy atom. The number of aromatic amines is 1. The first-order valence-electron chi connectivity index (χ1n) is 9.00. The number of nitrogens with one attached hydrogen (secondary N) is 2. The molecule has 4 aromatic rings. The van der Waals surface area contributed by atoms with Crippen molar-refractivity contribution in [2.24, 2.45) is 0 Å². The molecule has 140 valence electrons. The number of nitrogens with zero attached hydrogens (tertiary/aromatic N) is 4. The highest BCUT2D eigenvalue weighted by Crippen LogP contribution is 2.21. The number of amides is 1. The third kappa shape index (κ3) is 3.42. The normalized spacial score (nSPS) is 11.9. The molecular formula is C21H20N6O. The van der Waals surface area contributed by atoms with Gasteiger partial charge in [0.25, 0.3) is 5.91 Å². The summed E-state index contributed by atoms with van der Waals surface area (Å²) in [5.41, 5.74) is 4.44. The predicted molar refractivity (Wildman–Crippen MR) is 106 cm³/mol. The van der Waals surface area contributed by atoms with Crippen molar-refractivity contribution in [1.82, 2.24) is 30.3 Å². The first-order chi connectivity index (χ1) is 13.6. The molecule has 0 saturated heterocycles. The molecule has 0 fully saturated rings. The van der Waals surface area contributed by atoms with Crippen molar-refractivity contribution in [3.05, 3.63) is 83.9 Å². The first kappa shape index (κ1) is 17.7. The Hall–Kier alpha value is -3.74. The molecule has 0 unspecified atom stereocenters. The largest absolute Gasteiger partial charge is 0.345 e. The van der Waals surface area contributed by atoms with E-state index < -0.39 is 0 Å². The zero-order valence-corrected chi connectivity index (χ0v) is 15.6. The number of carbonyl (C=O) groups is 1. The second-order valence-electron chi connectivity index (χ2n) is 6.54. The zero-order chi connectivity index (χ0) is 19.5. The zero-order valence-electron chi connectivity index (χ0n) is 15.6. The molecule has 28 heavy (non-hydrogen) atoms. The summed E-state index contributed by atoms with van der Waals surface area (Å²) in [6.07, 6.45) is 3.26. The first-order valence-corrected chi connectivity index (χ1v) is 9.00. The summed E-state index contributed by atoms with van der Waals surface area (Å²) in [7, 11) is 0. The number of carbonyl (C=O) groups excluding carboxylic acids is 1. The molecule has 0 spiro atoms. The highest BCUT2D eigenvalue weighted by Gasteiger charge is 2.17. The number of para-hydroxylation sites is 1. The third-order valence-corrected chi connectivity index (χ3v) is 4.70. The Bertz CT molecular complexity index is 1070. The average molecular weight is 372 g/mol. The van der Waals surface area contributed by atoms with Crippen molar-refractivity contribution in [2.75, 3.05) is 0 Å². The fraction of sp³-hybridized carbons (Fsp3) is 0.143. The van der Waals surface area contributed by atoms with Crippen LogP contribution in [-0.2, 0) is 0 Å². The minimum Gasteiger partial charge on any atom is -0.345 e. The van der Waals surface area contributed by atoms with Crippen LogP contribution in [0.3, 0.4) is 0 Å². The summed E-state index contributed by atoms with van der Waals surface area (Å²) in [4.78, 5) is 16.7. The number of aromatic nitrogens is 5. The van der Waals surface area contributed by atoms with Gasteiger partial charge in [0.1, 0.15) is 6.33 Å². The van der Waals surface area contributed by atoms with E-state index in [0.717, 1.165) is 22.5 Å². The number of hydrogen-bond donors (Lipinski definition) is 2. The molecule has 1 amide bonds. The van der Waals surface area contributed by atoms with Crippen LogP contribution < -0.4 is 5.32 Å². The van der Waals surface area contributed by atoms with Gasteiger partial charge in [-0.1, -0.05) is 30.3 Å². The van der Waals surface area contributed by atoms with Gasteiger partial charge in [0.2, 0.25) is 0 Å². The molecule has 1 atom stereocenters. The standard InChI is InChI=1S/C21H20N6O/c1-14(19-12-24-27(15(19)2)18-6-4-3-5-7-18)25-21(28)17-10-8-16(9-11-17)20-22-13-23-26-20/h3-14H,1-2H3,(H,25,28)(H,22,23,26)/t14-/m0/s1. The van der Waals surface area contributed by atoms with Gasteiger partial charge in [-0.3, -0.25) is 9.89 Å². The van der Waals surface area contributed by atoms with Crippen LogP contribution in [0.5, 0.6) is 0 Å². The van der Waals surface area contributed by atoms with Gasteiger partial charge >= 0.3 is 0 Å². The van der Waals surface area contributed by atoms with Crippen LogP contribution in [0.15, 0.2) is 67.1 Å². The van der Waals surface area contributed by atoms with Gasteiger partial charge in [-0.05, 0) is 38.1 Å². The molecule has 0 bridgehead atoms. The van der Waals surface area contributed by atoms with E-state index in [1.54, 1.807) is 18.3 Å². The van der Waals surface area contributed by atoms with Gasteiger partial charge in [-0.25, -0.2) is 9.67 Å². The maximum Gasteiger partial charge on any atom is 0.251 e. The van der Waals surface area contributed by atoms with Crippen LogP contribution in [-0.4, -0.2) is 30.9 Å². The van der Waals surface area contributed by atoms with Crippen LogP contribution in [0.25, 0.3) is 17.1 Å². The van der Waals surface area contributed by atoms with E-state index >= 15 is 0 Å². The Morgan fingerprint density at radius 3 is 2.54 bits per heavy atom. The third-order valence-electron chi connectivity index (χ3n) is 4.70. The Balaban J connectivity index is 1.48. The number of H-pyrrole nitrogens is 1. The summed E-state index contributed by atoms with van der Waals surface area (Å²) < 4.78 is 1.88. The van der Waals surface area contributed by atoms with Crippen LogP contribution in [0.4, 0.5) is 0 Å². The van der Waals surface area contributed by atoms with Gasteiger partial charge in [0, 0.05) is 22.4 Å². The quantitative estimate of drug-likeness (QED) is 0.561. The lowest BCUT2D eigenvalue weighted by Crippen LogP contribution is -2.26. The lowest BCUT2D eigenvalue weighted by atomic mass is 10.1. The lowest BCUT2D eigenvalue weighted by Gasteiger charge is -2.14. The average Bonchev–Trinajstić information content (AvgIpc) is 3.39. The molecule has 2 heterocycles. The molecule has 0 aliphatic rings. The van der Waals surface area contributed by atoms with E-state index in [-0.39, 0.29) is 11.9 Å². The number of hydrogen-bond acceptors (Lipinski definition) is 4. The van der Waals surface area contributed by atoms with Gasteiger partial charge in [0.15, 0.2) is 5.82 Å². The summed E-state index contributed by atoms with van der Waals surface area (Å²) in [5.74, 6) is 0.535. The molecule has 2 aromatic carbocycles. The second kappa shape index (κ2) is 7.48. The fourth-order valence-corrected chi connectivity index (χ4v) is 3.16. The van der Waals surface area contributed by atoms with Crippen molar-refractivity contribution < 1.29 is 4.79 Å². The Morgan fingerprint density at radius 1 is 1.11 bits per heavy atom. The van der Waals surface area contributed by atoms with Crippen LogP contribution in [0.2, 0.25) is 0 Å². The predicted octanol–water partition coefficient (Wildman–Crippen LogP) is 3.46. The molecule has 2 aromatic heterocycles. The molecule has 0 radical (unpaired) electrons. The Kier molecular flexibility index (Phi) is 4.72. The maximum absolute atomic E-state index is 12.6. The number of benzene rings is 2. The van der Waals surface area contributed by atoms with Crippen molar-refractivity contribution >= 4 is 5.91 Å². The van der Waals surface area contributed by atoms with Crippen molar-refractivity contribution in [1.29, 1.82) is 0 Å². The maximum atomic E-state index is 12.6. The highest BCUT2D eigenvalue weighted by atomic mass is 16.1. The van der Waals surface area contributed by atoms with Crippen LogP contribution in [0, 0.1) is 6.92 Å². The van der Waals surface area contributed by atoms with Crippen LogP contribution in [0.1, 0.15) is 34.6 Å². The van der Waals surface area contributed by atoms with E-state index in [2.05, 4.69) is 25.6 Å². The summed E-state index contributed by atoms with van der Waals surface area (Å²) in [6, 6.07) is 17.0. The minimum atomic E-state index is -0.168. The van der Waals surface area contributed by atoms with Gasteiger partial charge in [0.05, 0.1) is 17.9 Å². The topological polar surface area (TPSA) is 88.5 Å². The minimum absolute atomic E-state index is 0.136. The molecule has 2 N–H and O–H groups in total. The van der Waals surface area contributed by atoms with Crippen molar-refractivity contribution in [3.8, 4) is 17.1 Å². The molecule has 7 nitrogen and oxygen atoms in total. The summed E-state index contributed by atoms with van der Waals surface area (Å²) in [5, 5.41) is 14.2. The molecule has 4 rings (SSSR count). The van der Waals surface area contributed by atoms with Gasteiger partial charge < -0.3 is 5.32 Å². The smallest absolute Gasteiger partial charge is 0.251 e. The molecular weight excluding hydrogens is 352 g/mol. The SMILES string of the molecule is Cc1c([C@H](C)NC(=O)c2ccc(-c3ncn[nH]3)cc2)cnn1-c1ccccc1. The molecule has 7 heteroatoms. The second-order valence-corrected chi connectivity index (χ2v) is 6.54. The summed E-state index contributed by atoms with van der Waals surface area (Å²) in [6.45, 7) is 3.96.